The largest absolute Gasteiger partial charge is 0.389 e. The van der Waals surface area contributed by atoms with E-state index in [1.807, 2.05) is 30.3 Å². The van der Waals surface area contributed by atoms with Crippen molar-refractivity contribution < 1.29 is 22.8 Å². The minimum absolute atomic E-state index is 0.102. The molecule has 0 spiro atoms. The SMILES string of the molecule is CC1CCCCN1CCCNC(=O)c1ccc(Nc2nc3c(C4=CCN(C(=O)CCC(F)(F)F)CC4)cccn3n2)cc1. The fraction of sp³-hybridized carbons (Fsp3) is 0.484. The van der Waals surface area contributed by atoms with Crippen LogP contribution in [0.2, 0.25) is 0 Å². The van der Waals surface area contributed by atoms with Crippen molar-refractivity contribution in [1.82, 2.24) is 29.7 Å². The Morgan fingerprint density at radius 2 is 1.91 bits per heavy atom. The van der Waals surface area contributed by atoms with Gasteiger partial charge in [0.25, 0.3) is 5.91 Å². The van der Waals surface area contributed by atoms with Crippen LogP contribution in [0.4, 0.5) is 24.8 Å². The molecule has 0 bridgehead atoms. The van der Waals surface area contributed by atoms with Crippen LogP contribution in [-0.2, 0) is 4.79 Å². The van der Waals surface area contributed by atoms with Crippen molar-refractivity contribution in [2.24, 2.45) is 0 Å². The maximum Gasteiger partial charge on any atom is 0.389 e. The van der Waals surface area contributed by atoms with Crippen LogP contribution in [0, 0.1) is 0 Å². The van der Waals surface area contributed by atoms with Crippen LogP contribution in [0.1, 0.15) is 67.8 Å². The second-order valence-corrected chi connectivity index (χ2v) is 11.3. The normalized spacial score (nSPS) is 18.0. The van der Waals surface area contributed by atoms with Crippen molar-refractivity contribution in [2.75, 3.05) is 38.0 Å². The summed E-state index contributed by atoms with van der Waals surface area (Å²) in [6.45, 7) is 5.65. The average molecular weight is 598 g/mol. The number of rotatable bonds is 10. The van der Waals surface area contributed by atoms with Crippen molar-refractivity contribution in [3.8, 4) is 0 Å². The lowest BCUT2D eigenvalue weighted by Gasteiger charge is -2.33. The van der Waals surface area contributed by atoms with Crippen molar-refractivity contribution >= 4 is 34.7 Å². The van der Waals surface area contributed by atoms with Gasteiger partial charge in [-0.2, -0.15) is 18.2 Å². The molecule has 1 aromatic carbocycles. The number of fused-ring (bicyclic) bond motifs is 1. The number of piperidine rings is 1. The molecule has 9 nitrogen and oxygen atoms in total. The Bertz CT molecular complexity index is 1450. The van der Waals surface area contributed by atoms with E-state index in [1.54, 1.807) is 22.8 Å². The van der Waals surface area contributed by atoms with E-state index < -0.39 is 24.9 Å². The van der Waals surface area contributed by atoms with E-state index in [2.05, 4.69) is 32.5 Å². The second-order valence-electron chi connectivity index (χ2n) is 11.3. The minimum atomic E-state index is -4.34. The number of nitrogens with one attached hydrogen (secondary N) is 2. The first-order valence-corrected chi connectivity index (χ1v) is 14.9. The molecule has 1 unspecified atom stereocenters. The van der Waals surface area contributed by atoms with Gasteiger partial charge in [-0.3, -0.25) is 9.59 Å². The number of halogens is 3. The van der Waals surface area contributed by atoms with Gasteiger partial charge in [0.1, 0.15) is 0 Å². The summed E-state index contributed by atoms with van der Waals surface area (Å²) >= 11 is 0. The number of carbonyl (C=O) groups is 2. The molecule has 230 valence electrons. The van der Waals surface area contributed by atoms with Crippen LogP contribution in [0.25, 0.3) is 11.2 Å². The highest BCUT2D eigenvalue weighted by Crippen LogP contribution is 2.28. The molecule has 43 heavy (non-hydrogen) atoms. The Morgan fingerprint density at radius 3 is 2.63 bits per heavy atom. The molecule has 0 aliphatic carbocycles. The van der Waals surface area contributed by atoms with Crippen LogP contribution in [0.3, 0.4) is 0 Å². The number of likely N-dealkylation sites (tertiary alicyclic amines) is 1. The summed E-state index contributed by atoms with van der Waals surface area (Å²) in [6, 6.07) is 11.5. The van der Waals surface area contributed by atoms with Crippen molar-refractivity contribution in [2.45, 2.75) is 64.1 Å². The third-order valence-electron chi connectivity index (χ3n) is 8.14. The number of alkyl halides is 3. The molecule has 2 amide bonds. The monoisotopic (exact) mass is 597 g/mol. The van der Waals surface area contributed by atoms with Gasteiger partial charge < -0.3 is 20.4 Å². The fourth-order valence-electron chi connectivity index (χ4n) is 5.67. The first kappa shape index (κ1) is 30.5. The number of nitrogens with zero attached hydrogens (tertiary/aromatic N) is 5. The Hall–Kier alpha value is -3.93. The number of hydrogen-bond acceptors (Lipinski definition) is 6. The average Bonchev–Trinajstić information content (AvgIpc) is 3.41. The zero-order valence-corrected chi connectivity index (χ0v) is 24.4. The van der Waals surface area contributed by atoms with Gasteiger partial charge in [-0.25, -0.2) is 4.52 Å². The van der Waals surface area contributed by atoms with Crippen LogP contribution >= 0.6 is 0 Å². The smallest absolute Gasteiger partial charge is 0.352 e. The summed E-state index contributed by atoms with van der Waals surface area (Å²) in [7, 11) is 0. The van der Waals surface area contributed by atoms with Gasteiger partial charge in [-0.1, -0.05) is 12.5 Å². The molecule has 5 rings (SSSR count). The molecule has 3 aromatic rings. The lowest BCUT2D eigenvalue weighted by Crippen LogP contribution is -2.39. The third-order valence-corrected chi connectivity index (χ3v) is 8.14. The minimum Gasteiger partial charge on any atom is -0.352 e. The summed E-state index contributed by atoms with van der Waals surface area (Å²) in [5.74, 6) is -0.210. The zero-order valence-electron chi connectivity index (χ0n) is 24.4. The van der Waals surface area contributed by atoms with Crippen molar-refractivity contribution in [3.05, 3.63) is 59.8 Å². The Balaban J connectivity index is 1.15. The van der Waals surface area contributed by atoms with E-state index in [-0.39, 0.29) is 12.5 Å². The van der Waals surface area contributed by atoms with E-state index in [1.165, 1.54) is 24.2 Å². The molecule has 1 atom stereocenters. The van der Waals surface area contributed by atoms with Gasteiger partial charge in [0.05, 0.1) is 6.42 Å². The lowest BCUT2D eigenvalue weighted by atomic mass is 10.00. The van der Waals surface area contributed by atoms with E-state index in [4.69, 9.17) is 0 Å². The van der Waals surface area contributed by atoms with E-state index in [9.17, 15) is 22.8 Å². The van der Waals surface area contributed by atoms with Gasteiger partial charge >= 0.3 is 6.18 Å². The van der Waals surface area contributed by atoms with Crippen molar-refractivity contribution in [1.29, 1.82) is 0 Å². The number of carbonyl (C=O) groups excluding carboxylic acids is 2. The van der Waals surface area contributed by atoms with Gasteiger partial charge in [-0.15, -0.1) is 5.10 Å². The lowest BCUT2D eigenvalue weighted by molar-refractivity contribution is -0.148. The van der Waals surface area contributed by atoms with E-state index in [0.717, 1.165) is 36.3 Å². The molecule has 4 heterocycles. The Labute approximate surface area is 249 Å². The topological polar surface area (TPSA) is 94.9 Å². The standard InChI is InChI=1S/C31H38F3N7O2/c1-22-6-2-3-17-39(22)18-5-16-35-29(43)24-8-10-25(11-9-24)36-30-37-28-26(7-4-19-41(28)38-30)23-13-20-40(21-14-23)27(42)12-15-31(32,33)34/h4,7-11,13,19,22H,2-3,5-6,12,14-18,20-21H2,1H3,(H,35,43)(H,36,38). The summed E-state index contributed by atoms with van der Waals surface area (Å²) in [5.41, 5.74) is 3.76. The van der Waals surface area contributed by atoms with Crippen LogP contribution in [0.5, 0.6) is 0 Å². The summed E-state index contributed by atoms with van der Waals surface area (Å²) < 4.78 is 39.1. The number of anilines is 2. The quantitative estimate of drug-likeness (QED) is 0.303. The number of amides is 2. The second kappa shape index (κ2) is 13.6. The molecule has 2 aromatic heterocycles. The maximum absolute atomic E-state index is 12.6. The number of aromatic nitrogens is 3. The van der Waals surface area contributed by atoms with Gasteiger partial charge in [-0.05, 0) is 81.1 Å². The maximum atomic E-state index is 12.6. The summed E-state index contributed by atoms with van der Waals surface area (Å²) in [4.78, 5) is 33.4. The summed E-state index contributed by atoms with van der Waals surface area (Å²) in [6.07, 6.45) is 2.89. The highest BCUT2D eigenvalue weighted by atomic mass is 19.4. The highest BCUT2D eigenvalue weighted by molar-refractivity contribution is 5.94. The first-order valence-electron chi connectivity index (χ1n) is 14.9. The molecule has 1 saturated heterocycles. The van der Waals surface area contributed by atoms with Gasteiger partial charge in [0.2, 0.25) is 11.9 Å². The molecule has 2 N–H and O–H groups in total. The number of benzene rings is 1. The third kappa shape index (κ3) is 8.13. The predicted molar refractivity (Wildman–Crippen MR) is 159 cm³/mol. The number of pyridine rings is 1. The number of hydrogen-bond donors (Lipinski definition) is 2. The Kier molecular flexibility index (Phi) is 9.64. The van der Waals surface area contributed by atoms with E-state index in [0.29, 0.717) is 42.7 Å². The molecule has 0 saturated carbocycles. The highest BCUT2D eigenvalue weighted by Gasteiger charge is 2.29. The molecule has 12 heteroatoms. The predicted octanol–water partition coefficient (Wildman–Crippen LogP) is 5.43. The van der Waals surface area contributed by atoms with Gasteiger partial charge in [0, 0.05) is 61.7 Å². The molecular formula is C31H38F3N7O2. The summed E-state index contributed by atoms with van der Waals surface area (Å²) in [5, 5.41) is 10.7. The Morgan fingerprint density at radius 1 is 1.09 bits per heavy atom. The van der Waals surface area contributed by atoms with Crippen LogP contribution in [0.15, 0.2) is 48.7 Å². The fourth-order valence-corrected chi connectivity index (χ4v) is 5.67. The van der Waals surface area contributed by atoms with Crippen LogP contribution in [-0.4, -0.2) is 81.2 Å². The molecule has 2 aliphatic heterocycles. The van der Waals surface area contributed by atoms with Crippen molar-refractivity contribution in [3.63, 3.8) is 0 Å². The molecule has 2 aliphatic rings. The molecule has 1 fully saturated rings. The first-order chi connectivity index (χ1) is 20.7. The van der Waals surface area contributed by atoms with Crippen LogP contribution < -0.4 is 10.6 Å². The zero-order chi connectivity index (χ0) is 30.4. The molecule has 0 radical (unpaired) electrons. The van der Waals surface area contributed by atoms with E-state index >= 15 is 0 Å². The molecular weight excluding hydrogens is 559 g/mol. The van der Waals surface area contributed by atoms with Gasteiger partial charge in [0.15, 0.2) is 5.65 Å².